The Hall–Kier alpha value is -1.47. The maximum Gasteiger partial charge on any atom is 0.337 e. The van der Waals surface area contributed by atoms with Crippen molar-refractivity contribution in [1.82, 2.24) is 0 Å². The summed E-state index contributed by atoms with van der Waals surface area (Å²) >= 11 is 0. The van der Waals surface area contributed by atoms with Gasteiger partial charge in [0.15, 0.2) is 5.79 Å². The van der Waals surface area contributed by atoms with Crippen molar-refractivity contribution < 1.29 is 24.1 Å². The second-order valence-corrected chi connectivity index (χ2v) is 5.87. The summed E-state index contributed by atoms with van der Waals surface area (Å²) in [6, 6.07) is 4.50. The largest absolute Gasteiger partial charge is 0.465 e. The van der Waals surface area contributed by atoms with Crippen LogP contribution in [0, 0.1) is 0 Å². The fourth-order valence-corrected chi connectivity index (χ4v) is 3.04. The van der Waals surface area contributed by atoms with Crippen LogP contribution in [-0.2, 0) is 14.2 Å². The molecule has 1 aromatic rings. The maximum absolute atomic E-state index is 11.7. The number of aliphatic hydroxyl groups excluding tert-OH is 1. The molecule has 1 saturated heterocycles. The van der Waals surface area contributed by atoms with Gasteiger partial charge in [-0.25, -0.2) is 4.79 Å². The average molecular weight is 293 g/mol. The molecular weight excluding hydrogens is 274 g/mol. The highest BCUT2D eigenvalue weighted by Gasteiger charge is 2.51. The molecule has 114 valence electrons. The van der Waals surface area contributed by atoms with E-state index < -0.39 is 36.1 Å². The summed E-state index contributed by atoms with van der Waals surface area (Å²) in [7, 11) is 1.33. The van der Waals surface area contributed by atoms with Gasteiger partial charge in [0.1, 0.15) is 18.3 Å². The van der Waals surface area contributed by atoms with Crippen molar-refractivity contribution in [1.29, 1.82) is 0 Å². The Morgan fingerprint density at radius 1 is 1.33 bits per heavy atom. The lowest BCUT2D eigenvalue weighted by Gasteiger charge is -2.34. The molecule has 0 saturated carbocycles. The van der Waals surface area contributed by atoms with E-state index in [1.807, 2.05) is 0 Å². The number of hydrogen-bond donors (Lipinski definition) is 2. The van der Waals surface area contributed by atoms with Gasteiger partial charge in [0.05, 0.1) is 18.7 Å². The molecule has 0 spiro atoms. The maximum atomic E-state index is 11.7. The molecular formula is C15H19NO5. The zero-order chi connectivity index (χ0) is 15.4. The lowest BCUT2D eigenvalue weighted by Crippen LogP contribution is -2.44. The molecule has 0 radical (unpaired) electrons. The van der Waals surface area contributed by atoms with Gasteiger partial charge in [-0.2, -0.15) is 0 Å². The second kappa shape index (κ2) is 4.78. The lowest BCUT2D eigenvalue weighted by atomic mass is 9.81. The minimum Gasteiger partial charge on any atom is -0.465 e. The number of fused-ring (bicyclic) bond motifs is 3. The highest BCUT2D eigenvalue weighted by Crippen LogP contribution is 2.47. The van der Waals surface area contributed by atoms with E-state index in [-0.39, 0.29) is 0 Å². The Morgan fingerprint density at radius 3 is 2.71 bits per heavy atom. The fraction of sp³-hybridized carbons (Fsp3) is 0.533. The van der Waals surface area contributed by atoms with E-state index in [9.17, 15) is 9.90 Å². The van der Waals surface area contributed by atoms with E-state index in [2.05, 4.69) is 0 Å². The zero-order valence-electron chi connectivity index (χ0n) is 12.2. The molecule has 1 aliphatic heterocycles. The van der Waals surface area contributed by atoms with E-state index in [0.717, 1.165) is 11.1 Å². The smallest absolute Gasteiger partial charge is 0.337 e. The number of nitrogens with two attached hydrogens (primary N) is 1. The van der Waals surface area contributed by atoms with Crippen LogP contribution < -0.4 is 5.73 Å². The van der Waals surface area contributed by atoms with Gasteiger partial charge < -0.3 is 25.1 Å². The third-order valence-corrected chi connectivity index (χ3v) is 4.01. The molecule has 6 heteroatoms. The fourth-order valence-electron chi connectivity index (χ4n) is 3.04. The minimum absolute atomic E-state index is 0.423. The average Bonchev–Trinajstić information content (AvgIpc) is 2.79. The molecule has 6 nitrogen and oxygen atoms in total. The topological polar surface area (TPSA) is 91.0 Å². The number of hydrogen-bond acceptors (Lipinski definition) is 6. The van der Waals surface area contributed by atoms with Crippen LogP contribution in [0.25, 0.3) is 0 Å². The molecule has 1 aliphatic carbocycles. The standard InChI is InChI=1S/C15H19NO5/c1-15(2)20-12-9-6-7(14(18)19-3)4-5-8(9)10(16)11(17)13(12)21-15/h4-6,10-13,17H,16H2,1-3H3/t10-,11+,12+,13-/m0/s1. The second-order valence-electron chi connectivity index (χ2n) is 5.87. The Kier molecular flexibility index (Phi) is 3.29. The number of benzene rings is 1. The lowest BCUT2D eigenvalue weighted by molar-refractivity contribution is -0.155. The SMILES string of the molecule is COC(=O)c1ccc2c(c1)[C@H]1OC(C)(C)O[C@H]1[C@H](O)[C@H]2N. The Balaban J connectivity index is 2.08. The van der Waals surface area contributed by atoms with Gasteiger partial charge in [-0.05, 0) is 37.1 Å². The Bertz CT molecular complexity index is 585. The van der Waals surface area contributed by atoms with Crippen molar-refractivity contribution in [2.75, 3.05) is 7.11 Å². The summed E-state index contributed by atoms with van der Waals surface area (Å²) in [6.07, 6.45) is -1.85. The van der Waals surface area contributed by atoms with Crippen LogP contribution in [0.15, 0.2) is 18.2 Å². The van der Waals surface area contributed by atoms with Crippen LogP contribution in [0.3, 0.4) is 0 Å². The van der Waals surface area contributed by atoms with Crippen molar-refractivity contribution in [2.45, 2.75) is 44.0 Å². The predicted octanol–water partition coefficient (Wildman–Crippen LogP) is 1.04. The zero-order valence-corrected chi connectivity index (χ0v) is 12.2. The molecule has 1 aromatic carbocycles. The summed E-state index contributed by atoms with van der Waals surface area (Å²) < 4.78 is 16.4. The molecule has 0 aromatic heterocycles. The molecule has 3 rings (SSSR count). The van der Waals surface area contributed by atoms with Crippen LogP contribution in [0.5, 0.6) is 0 Å². The van der Waals surface area contributed by atoms with E-state index >= 15 is 0 Å². The number of aliphatic hydroxyl groups is 1. The predicted molar refractivity (Wildman–Crippen MR) is 73.5 cm³/mol. The summed E-state index contributed by atoms with van der Waals surface area (Å²) in [5, 5.41) is 10.3. The number of methoxy groups -OCH3 is 1. The number of esters is 1. The first kappa shape index (κ1) is 14.5. The van der Waals surface area contributed by atoms with Gasteiger partial charge in [0.25, 0.3) is 0 Å². The van der Waals surface area contributed by atoms with Crippen molar-refractivity contribution in [3.63, 3.8) is 0 Å². The molecule has 4 atom stereocenters. The van der Waals surface area contributed by atoms with E-state index in [4.69, 9.17) is 19.9 Å². The number of carbonyl (C=O) groups is 1. The molecule has 0 bridgehead atoms. The van der Waals surface area contributed by atoms with Gasteiger partial charge in [0, 0.05) is 0 Å². The molecule has 2 aliphatic rings. The van der Waals surface area contributed by atoms with Crippen molar-refractivity contribution in [3.8, 4) is 0 Å². The normalized spacial score (nSPS) is 33.2. The highest BCUT2D eigenvalue weighted by molar-refractivity contribution is 5.89. The molecule has 0 unspecified atom stereocenters. The summed E-state index contributed by atoms with van der Waals surface area (Å²) in [6.45, 7) is 3.57. The van der Waals surface area contributed by atoms with Crippen molar-refractivity contribution in [2.24, 2.45) is 5.73 Å². The van der Waals surface area contributed by atoms with E-state index in [1.54, 1.807) is 32.0 Å². The van der Waals surface area contributed by atoms with Gasteiger partial charge in [-0.3, -0.25) is 0 Å². The van der Waals surface area contributed by atoms with E-state index in [0.29, 0.717) is 5.56 Å². The van der Waals surface area contributed by atoms with Crippen LogP contribution in [0.2, 0.25) is 0 Å². The van der Waals surface area contributed by atoms with Gasteiger partial charge >= 0.3 is 5.97 Å². The molecule has 1 heterocycles. The Morgan fingerprint density at radius 2 is 2.05 bits per heavy atom. The third kappa shape index (κ3) is 2.24. The van der Waals surface area contributed by atoms with Gasteiger partial charge in [-0.1, -0.05) is 6.07 Å². The summed E-state index contributed by atoms with van der Waals surface area (Å²) in [5.41, 5.74) is 8.05. The van der Waals surface area contributed by atoms with Gasteiger partial charge in [-0.15, -0.1) is 0 Å². The monoisotopic (exact) mass is 293 g/mol. The molecule has 21 heavy (non-hydrogen) atoms. The molecule has 1 fully saturated rings. The first-order chi connectivity index (χ1) is 9.84. The number of rotatable bonds is 1. The van der Waals surface area contributed by atoms with Crippen LogP contribution >= 0.6 is 0 Å². The third-order valence-electron chi connectivity index (χ3n) is 4.01. The first-order valence-corrected chi connectivity index (χ1v) is 6.85. The molecule has 3 N–H and O–H groups in total. The number of ether oxygens (including phenoxy) is 3. The van der Waals surface area contributed by atoms with Crippen LogP contribution in [0.4, 0.5) is 0 Å². The first-order valence-electron chi connectivity index (χ1n) is 6.85. The molecule has 0 amide bonds. The highest BCUT2D eigenvalue weighted by atomic mass is 16.8. The summed E-state index contributed by atoms with van der Waals surface area (Å²) in [4.78, 5) is 11.7. The van der Waals surface area contributed by atoms with Crippen LogP contribution in [0.1, 0.15) is 47.5 Å². The minimum atomic E-state index is -0.853. The van der Waals surface area contributed by atoms with Crippen LogP contribution in [-0.4, -0.2) is 36.2 Å². The summed E-state index contributed by atoms with van der Waals surface area (Å²) in [5.74, 6) is -1.23. The van der Waals surface area contributed by atoms with E-state index in [1.165, 1.54) is 7.11 Å². The quantitative estimate of drug-likeness (QED) is 0.752. The Labute approximate surface area is 122 Å². The van der Waals surface area contributed by atoms with Gasteiger partial charge in [0.2, 0.25) is 0 Å². The van der Waals surface area contributed by atoms with Crippen molar-refractivity contribution >= 4 is 5.97 Å². The van der Waals surface area contributed by atoms with Crippen molar-refractivity contribution in [3.05, 3.63) is 34.9 Å². The number of carbonyl (C=O) groups excluding carboxylic acids is 1.